The number of nitrogens with one attached hydrogen (secondary N) is 1. The van der Waals surface area contributed by atoms with Crippen LogP contribution in [0.25, 0.3) is 0 Å². The van der Waals surface area contributed by atoms with Crippen molar-refractivity contribution in [3.05, 3.63) is 53.6 Å². The molecule has 0 fully saturated rings. The molecule has 2 aromatic rings. The summed E-state index contributed by atoms with van der Waals surface area (Å²) in [6.07, 6.45) is 0. The Morgan fingerprint density at radius 2 is 1.79 bits per heavy atom. The van der Waals surface area contributed by atoms with Crippen LogP contribution in [0.2, 0.25) is 0 Å². The molecule has 0 bridgehead atoms. The van der Waals surface area contributed by atoms with E-state index in [1.54, 1.807) is 6.92 Å². The van der Waals surface area contributed by atoms with Gasteiger partial charge in [-0.2, -0.15) is 0 Å². The van der Waals surface area contributed by atoms with Crippen LogP contribution in [0.1, 0.15) is 18.5 Å². The zero-order valence-corrected chi connectivity index (χ0v) is 10.2. The van der Waals surface area contributed by atoms with Crippen LogP contribution in [0.15, 0.2) is 36.4 Å². The molecule has 0 spiro atoms. The molecule has 1 atom stereocenters. The van der Waals surface area contributed by atoms with E-state index in [1.807, 2.05) is 0 Å². The van der Waals surface area contributed by atoms with E-state index in [2.05, 4.69) is 5.32 Å². The zero-order valence-electron chi connectivity index (χ0n) is 10.2. The first kappa shape index (κ1) is 13.1. The third-order valence-electron chi connectivity index (χ3n) is 2.78. The summed E-state index contributed by atoms with van der Waals surface area (Å²) in [6.45, 7) is 1.69. The van der Waals surface area contributed by atoms with Gasteiger partial charge in [-0.1, -0.05) is 0 Å². The molecule has 2 rings (SSSR count). The smallest absolute Gasteiger partial charge is 0.146 e. The van der Waals surface area contributed by atoms with Gasteiger partial charge in [0.2, 0.25) is 0 Å². The summed E-state index contributed by atoms with van der Waals surface area (Å²) < 4.78 is 26.5. The highest BCUT2D eigenvalue weighted by molar-refractivity contribution is 5.49. The molecule has 0 amide bonds. The first-order valence-corrected chi connectivity index (χ1v) is 5.71. The Morgan fingerprint density at radius 3 is 2.47 bits per heavy atom. The molecule has 0 aliphatic rings. The molecule has 0 saturated heterocycles. The van der Waals surface area contributed by atoms with Gasteiger partial charge in [0.25, 0.3) is 0 Å². The average molecular weight is 265 g/mol. The summed E-state index contributed by atoms with van der Waals surface area (Å²) in [5.74, 6) is -1.31. The van der Waals surface area contributed by atoms with Crippen LogP contribution < -0.4 is 5.32 Å². The van der Waals surface area contributed by atoms with E-state index < -0.39 is 17.7 Å². The molecule has 1 unspecified atom stereocenters. The van der Waals surface area contributed by atoms with E-state index in [4.69, 9.17) is 0 Å². The fourth-order valence-electron chi connectivity index (χ4n) is 1.82. The minimum Gasteiger partial charge on any atom is -0.508 e. The van der Waals surface area contributed by atoms with Gasteiger partial charge in [-0.3, -0.25) is 0 Å². The van der Waals surface area contributed by atoms with Crippen LogP contribution in [0.3, 0.4) is 0 Å². The second kappa shape index (κ2) is 5.14. The third-order valence-corrected chi connectivity index (χ3v) is 2.78. The van der Waals surface area contributed by atoms with Gasteiger partial charge in [0.15, 0.2) is 0 Å². The Bertz CT molecular complexity index is 602. The maximum Gasteiger partial charge on any atom is 0.146 e. The van der Waals surface area contributed by atoms with Crippen molar-refractivity contribution >= 4 is 5.69 Å². The standard InChI is InChI=1S/C14H13F2NO2/c1-8(11-4-3-10(18)7-14(11)19)17-13-6-9(15)2-5-12(13)16/h2-8,17-19H,1H3. The van der Waals surface area contributed by atoms with Crippen molar-refractivity contribution in [1.29, 1.82) is 0 Å². The van der Waals surface area contributed by atoms with Crippen LogP contribution in [-0.4, -0.2) is 10.2 Å². The Hall–Kier alpha value is -2.30. The minimum atomic E-state index is -0.577. The largest absolute Gasteiger partial charge is 0.508 e. The molecule has 0 aliphatic heterocycles. The molecule has 19 heavy (non-hydrogen) atoms. The van der Waals surface area contributed by atoms with Crippen LogP contribution in [0.4, 0.5) is 14.5 Å². The number of aromatic hydroxyl groups is 2. The highest BCUT2D eigenvalue weighted by atomic mass is 19.1. The SMILES string of the molecule is CC(Nc1cc(F)ccc1F)c1ccc(O)cc1O. The predicted octanol–water partition coefficient (Wildman–Crippen LogP) is 3.55. The van der Waals surface area contributed by atoms with Crippen LogP contribution >= 0.6 is 0 Å². The van der Waals surface area contributed by atoms with Gasteiger partial charge in [-0.15, -0.1) is 0 Å². The molecule has 3 N–H and O–H groups in total. The monoisotopic (exact) mass is 265 g/mol. The molecule has 5 heteroatoms. The fourth-order valence-corrected chi connectivity index (χ4v) is 1.82. The lowest BCUT2D eigenvalue weighted by molar-refractivity contribution is 0.444. The summed E-state index contributed by atoms with van der Waals surface area (Å²) in [6, 6.07) is 6.77. The molecule has 100 valence electrons. The van der Waals surface area contributed by atoms with E-state index in [-0.39, 0.29) is 17.2 Å². The molecular formula is C14H13F2NO2. The van der Waals surface area contributed by atoms with Crippen molar-refractivity contribution in [2.45, 2.75) is 13.0 Å². The number of phenolic OH excluding ortho intramolecular Hbond substituents is 2. The molecular weight excluding hydrogens is 252 g/mol. The number of rotatable bonds is 3. The lowest BCUT2D eigenvalue weighted by Gasteiger charge is -2.17. The molecule has 0 aromatic heterocycles. The normalized spacial score (nSPS) is 12.2. The van der Waals surface area contributed by atoms with Gasteiger partial charge in [0.1, 0.15) is 23.1 Å². The van der Waals surface area contributed by atoms with Crippen LogP contribution in [0, 0.1) is 11.6 Å². The first-order chi connectivity index (χ1) is 8.97. The van der Waals surface area contributed by atoms with Crippen LogP contribution in [0.5, 0.6) is 11.5 Å². The van der Waals surface area contributed by atoms with Crippen molar-refractivity contribution in [2.75, 3.05) is 5.32 Å². The fraction of sp³-hybridized carbons (Fsp3) is 0.143. The number of halogens is 2. The Labute approximate surface area is 109 Å². The molecule has 0 heterocycles. The molecule has 0 aliphatic carbocycles. The van der Waals surface area contributed by atoms with Gasteiger partial charge in [0.05, 0.1) is 11.7 Å². The van der Waals surface area contributed by atoms with Gasteiger partial charge >= 0.3 is 0 Å². The zero-order chi connectivity index (χ0) is 14.0. The van der Waals surface area contributed by atoms with Gasteiger partial charge < -0.3 is 15.5 Å². The lowest BCUT2D eigenvalue weighted by Crippen LogP contribution is -2.08. The number of hydrogen-bond acceptors (Lipinski definition) is 3. The lowest BCUT2D eigenvalue weighted by atomic mass is 10.1. The topological polar surface area (TPSA) is 52.5 Å². The number of phenols is 2. The minimum absolute atomic E-state index is 0.0139. The van der Waals surface area contributed by atoms with E-state index in [1.165, 1.54) is 18.2 Å². The van der Waals surface area contributed by atoms with Gasteiger partial charge in [-0.05, 0) is 37.3 Å². The second-order valence-corrected chi connectivity index (χ2v) is 4.23. The Balaban J connectivity index is 2.25. The van der Waals surface area contributed by atoms with E-state index >= 15 is 0 Å². The number of benzene rings is 2. The van der Waals surface area contributed by atoms with E-state index in [0.29, 0.717) is 5.56 Å². The summed E-state index contributed by atoms with van der Waals surface area (Å²) in [5.41, 5.74) is 0.487. The van der Waals surface area contributed by atoms with Crippen LogP contribution in [-0.2, 0) is 0 Å². The summed E-state index contributed by atoms with van der Waals surface area (Å²) >= 11 is 0. The van der Waals surface area contributed by atoms with Gasteiger partial charge in [0, 0.05) is 11.6 Å². The first-order valence-electron chi connectivity index (χ1n) is 5.71. The van der Waals surface area contributed by atoms with Gasteiger partial charge in [-0.25, -0.2) is 8.78 Å². The quantitative estimate of drug-likeness (QED) is 0.795. The summed E-state index contributed by atoms with van der Waals surface area (Å²) in [5, 5.41) is 21.7. The molecule has 3 nitrogen and oxygen atoms in total. The van der Waals surface area contributed by atoms with Crippen molar-refractivity contribution in [2.24, 2.45) is 0 Å². The highest BCUT2D eigenvalue weighted by Gasteiger charge is 2.13. The summed E-state index contributed by atoms with van der Waals surface area (Å²) in [7, 11) is 0. The van der Waals surface area contributed by atoms with E-state index in [9.17, 15) is 19.0 Å². The number of hydrogen-bond donors (Lipinski definition) is 3. The highest BCUT2D eigenvalue weighted by Crippen LogP contribution is 2.30. The maximum atomic E-state index is 13.5. The van der Waals surface area contributed by atoms with Crippen molar-refractivity contribution in [1.82, 2.24) is 0 Å². The molecule has 0 saturated carbocycles. The third kappa shape index (κ3) is 2.93. The maximum absolute atomic E-state index is 13.5. The predicted molar refractivity (Wildman–Crippen MR) is 68.2 cm³/mol. The Morgan fingerprint density at radius 1 is 1.05 bits per heavy atom. The molecule has 0 radical (unpaired) electrons. The van der Waals surface area contributed by atoms with Crippen molar-refractivity contribution in [3.8, 4) is 11.5 Å². The number of anilines is 1. The average Bonchev–Trinajstić information content (AvgIpc) is 2.33. The van der Waals surface area contributed by atoms with Crippen molar-refractivity contribution in [3.63, 3.8) is 0 Å². The Kier molecular flexibility index (Phi) is 3.55. The summed E-state index contributed by atoms with van der Waals surface area (Å²) in [4.78, 5) is 0. The van der Waals surface area contributed by atoms with E-state index in [0.717, 1.165) is 18.2 Å². The molecule has 2 aromatic carbocycles. The van der Waals surface area contributed by atoms with Crippen molar-refractivity contribution < 1.29 is 19.0 Å². The second-order valence-electron chi connectivity index (χ2n) is 4.23.